The lowest BCUT2D eigenvalue weighted by molar-refractivity contribution is 0.428. The van der Waals surface area contributed by atoms with Gasteiger partial charge in [-0.3, -0.25) is 4.72 Å². The van der Waals surface area contributed by atoms with E-state index in [9.17, 15) is 8.42 Å². The average molecular weight is 334 g/mol. The van der Waals surface area contributed by atoms with Crippen molar-refractivity contribution in [3.05, 3.63) is 53.7 Å². The number of sulfonamides is 1. The lowest BCUT2D eigenvalue weighted by atomic mass is 10.2. The minimum absolute atomic E-state index is 0.234. The van der Waals surface area contributed by atoms with Gasteiger partial charge < -0.3 is 4.52 Å². The highest BCUT2D eigenvalue weighted by Crippen LogP contribution is 2.32. The van der Waals surface area contributed by atoms with Gasteiger partial charge in [-0.05, 0) is 43.7 Å². The smallest absolute Gasteiger partial charge is 0.271 e. The highest BCUT2D eigenvalue weighted by molar-refractivity contribution is 7.94. The molecule has 0 unspecified atom stereocenters. The molecule has 0 saturated heterocycles. The second-order valence-electron chi connectivity index (χ2n) is 4.93. The number of benzene rings is 1. The molecule has 0 aliphatic carbocycles. The molecule has 1 N–H and O–H groups in total. The van der Waals surface area contributed by atoms with E-state index in [-0.39, 0.29) is 4.21 Å². The first-order chi connectivity index (χ1) is 10.4. The Bertz CT molecular complexity index is 910. The molecule has 2 aromatic heterocycles. The van der Waals surface area contributed by atoms with Gasteiger partial charge in [-0.15, -0.1) is 11.3 Å². The van der Waals surface area contributed by atoms with E-state index in [1.807, 2.05) is 26.0 Å². The van der Waals surface area contributed by atoms with Gasteiger partial charge in [0, 0.05) is 11.8 Å². The third-order valence-electron chi connectivity index (χ3n) is 2.99. The summed E-state index contributed by atoms with van der Waals surface area (Å²) in [6.45, 7) is 3.73. The van der Waals surface area contributed by atoms with Gasteiger partial charge >= 0.3 is 0 Å². The van der Waals surface area contributed by atoms with E-state index in [1.54, 1.807) is 30.3 Å². The van der Waals surface area contributed by atoms with Gasteiger partial charge in [0.2, 0.25) is 0 Å². The normalized spacial score (nSPS) is 11.5. The van der Waals surface area contributed by atoms with Crippen LogP contribution in [0.1, 0.15) is 11.3 Å². The quantitative estimate of drug-likeness (QED) is 0.787. The number of hydrogen-bond acceptors (Lipinski definition) is 5. The molecule has 1 aromatic carbocycles. The Kier molecular flexibility index (Phi) is 3.76. The van der Waals surface area contributed by atoms with Crippen molar-refractivity contribution in [2.24, 2.45) is 0 Å². The van der Waals surface area contributed by atoms with Crippen LogP contribution in [0.4, 0.5) is 5.69 Å². The molecule has 3 rings (SSSR count). The van der Waals surface area contributed by atoms with E-state index in [0.29, 0.717) is 11.4 Å². The zero-order valence-electron chi connectivity index (χ0n) is 12.0. The van der Waals surface area contributed by atoms with Gasteiger partial charge in [0.15, 0.2) is 5.76 Å². The Balaban J connectivity index is 1.88. The van der Waals surface area contributed by atoms with Gasteiger partial charge in [0.25, 0.3) is 10.0 Å². The molecule has 5 nitrogen and oxygen atoms in total. The number of aryl methyl sites for hydroxylation is 2. The maximum atomic E-state index is 12.4. The second kappa shape index (κ2) is 5.58. The molecule has 0 amide bonds. The highest BCUT2D eigenvalue weighted by atomic mass is 32.2. The molecular weight excluding hydrogens is 320 g/mol. The largest absolute Gasteiger partial charge is 0.355 e. The Labute approximate surface area is 132 Å². The number of thiophene rings is 1. The van der Waals surface area contributed by atoms with Crippen LogP contribution < -0.4 is 4.72 Å². The third kappa shape index (κ3) is 3.05. The summed E-state index contributed by atoms with van der Waals surface area (Å²) in [6.07, 6.45) is 0. The van der Waals surface area contributed by atoms with Crippen molar-refractivity contribution in [2.75, 3.05) is 4.72 Å². The number of hydrogen-bond donors (Lipinski definition) is 1. The first-order valence-corrected chi connectivity index (χ1v) is 8.87. The zero-order chi connectivity index (χ0) is 15.7. The van der Waals surface area contributed by atoms with Crippen LogP contribution in [0.25, 0.3) is 10.6 Å². The molecule has 3 aromatic rings. The SMILES string of the molecule is Cc1cccc(NS(=O)(=O)c2ccc(-c3cc(C)no3)s2)c1. The lowest BCUT2D eigenvalue weighted by Gasteiger charge is -2.06. The molecule has 0 fully saturated rings. The van der Waals surface area contributed by atoms with Crippen molar-refractivity contribution in [1.82, 2.24) is 5.16 Å². The first-order valence-electron chi connectivity index (χ1n) is 6.57. The summed E-state index contributed by atoms with van der Waals surface area (Å²) in [7, 11) is -3.60. The van der Waals surface area contributed by atoms with Crippen molar-refractivity contribution in [3.63, 3.8) is 0 Å². The first kappa shape index (κ1) is 14.8. The van der Waals surface area contributed by atoms with E-state index >= 15 is 0 Å². The zero-order valence-corrected chi connectivity index (χ0v) is 13.7. The van der Waals surface area contributed by atoms with E-state index in [2.05, 4.69) is 9.88 Å². The third-order valence-corrected chi connectivity index (χ3v) is 5.96. The van der Waals surface area contributed by atoms with Crippen LogP contribution in [0.2, 0.25) is 0 Å². The molecule has 0 radical (unpaired) electrons. The van der Waals surface area contributed by atoms with E-state index in [4.69, 9.17) is 4.52 Å². The fourth-order valence-corrected chi connectivity index (χ4v) is 4.29. The standard InChI is InChI=1S/C15H14N2O3S2/c1-10-4-3-5-12(8-10)17-22(18,19)15-7-6-14(21-15)13-9-11(2)16-20-13/h3-9,17H,1-2H3. The van der Waals surface area contributed by atoms with Crippen LogP contribution in [0.5, 0.6) is 0 Å². The molecular formula is C15H14N2O3S2. The Hall–Kier alpha value is -2.12. The lowest BCUT2D eigenvalue weighted by Crippen LogP contribution is -2.11. The molecule has 0 aliphatic rings. The summed E-state index contributed by atoms with van der Waals surface area (Å²) in [5, 5.41) is 3.81. The van der Waals surface area contributed by atoms with E-state index in [0.717, 1.165) is 27.5 Å². The van der Waals surface area contributed by atoms with Crippen LogP contribution in [-0.2, 0) is 10.0 Å². The van der Waals surface area contributed by atoms with E-state index in [1.165, 1.54) is 0 Å². The van der Waals surface area contributed by atoms with Crippen LogP contribution in [0.15, 0.2) is 51.2 Å². The molecule has 22 heavy (non-hydrogen) atoms. The number of rotatable bonds is 4. The summed E-state index contributed by atoms with van der Waals surface area (Å²) in [6, 6.07) is 12.3. The van der Waals surface area contributed by atoms with Crippen LogP contribution in [0, 0.1) is 13.8 Å². The van der Waals surface area contributed by atoms with E-state index < -0.39 is 10.0 Å². The molecule has 0 bridgehead atoms. The Morgan fingerprint density at radius 2 is 1.95 bits per heavy atom. The fourth-order valence-electron chi connectivity index (χ4n) is 1.99. The van der Waals surface area contributed by atoms with Crippen molar-refractivity contribution in [1.29, 1.82) is 0 Å². The van der Waals surface area contributed by atoms with Gasteiger partial charge in [-0.2, -0.15) is 0 Å². The predicted molar refractivity (Wildman–Crippen MR) is 86.5 cm³/mol. The summed E-state index contributed by atoms with van der Waals surface area (Å²) >= 11 is 1.15. The summed E-state index contributed by atoms with van der Waals surface area (Å²) in [5.74, 6) is 0.569. The average Bonchev–Trinajstić information content (AvgIpc) is 3.06. The topological polar surface area (TPSA) is 72.2 Å². The Morgan fingerprint density at radius 3 is 2.64 bits per heavy atom. The number of nitrogens with one attached hydrogen (secondary N) is 1. The van der Waals surface area contributed by atoms with Crippen molar-refractivity contribution in [3.8, 4) is 10.6 Å². The molecule has 2 heterocycles. The van der Waals surface area contributed by atoms with Crippen molar-refractivity contribution < 1.29 is 12.9 Å². The summed E-state index contributed by atoms with van der Waals surface area (Å²) in [5.41, 5.74) is 2.29. The monoisotopic (exact) mass is 334 g/mol. The van der Waals surface area contributed by atoms with Crippen LogP contribution in [-0.4, -0.2) is 13.6 Å². The van der Waals surface area contributed by atoms with Gasteiger partial charge in [0.05, 0.1) is 10.6 Å². The minimum atomic E-state index is -3.60. The molecule has 7 heteroatoms. The minimum Gasteiger partial charge on any atom is -0.355 e. The molecule has 0 spiro atoms. The molecule has 0 saturated carbocycles. The van der Waals surface area contributed by atoms with Gasteiger partial charge in [-0.1, -0.05) is 17.3 Å². The van der Waals surface area contributed by atoms with Gasteiger partial charge in [0.1, 0.15) is 4.21 Å². The number of aromatic nitrogens is 1. The van der Waals surface area contributed by atoms with Crippen LogP contribution in [0.3, 0.4) is 0 Å². The highest BCUT2D eigenvalue weighted by Gasteiger charge is 2.18. The van der Waals surface area contributed by atoms with Crippen molar-refractivity contribution >= 4 is 27.0 Å². The van der Waals surface area contributed by atoms with Gasteiger partial charge in [-0.25, -0.2) is 8.42 Å². The maximum absolute atomic E-state index is 12.4. The Morgan fingerprint density at radius 1 is 1.14 bits per heavy atom. The molecule has 0 aliphatic heterocycles. The molecule has 0 atom stereocenters. The second-order valence-corrected chi connectivity index (χ2v) is 7.92. The fraction of sp³-hybridized carbons (Fsp3) is 0.133. The maximum Gasteiger partial charge on any atom is 0.271 e. The number of anilines is 1. The summed E-state index contributed by atoms with van der Waals surface area (Å²) < 4.78 is 32.8. The van der Waals surface area contributed by atoms with Crippen LogP contribution >= 0.6 is 11.3 Å². The molecule has 114 valence electrons. The van der Waals surface area contributed by atoms with Crippen molar-refractivity contribution in [2.45, 2.75) is 18.1 Å². The number of nitrogens with zero attached hydrogens (tertiary/aromatic N) is 1. The summed E-state index contributed by atoms with van der Waals surface area (Å²) in [4.78, 5) is 0.727. The predicted octanol–water partition coefficient (Wildman–Crippen LogP) is 3.82.